The molecule has 2 unspecified atom stereocenters. The normalized spacial score (nSPS) is 27.0. The lowest BCUT2D eigenvalue weighted by Crippen LogP contribution is -2.31. The van der Waals surface area contributed by atoms with Crippen LogP contribution in [0.2, 0.25) is 0 Å². The van der Waals surface area contributed by atoms with Crippen molar-refractivity contribution in [2.75, 3.05) is 19.8 Å². The van der Waals surface area contributed by atoms with E-state index >= 15 is 0 Å². The fourth-order valence-corrected chi connectivity index (χ4v) is 1.89. The highest BCUT2D eigenvalue weighted by molar-refractivity contribution is 4.82. The summed E-state index contributed by atoms with van der Waals surface area (Å²) in [5.74, 6) is 0. The summed E-state index contributed by atoms with van der Waals surface area (Å²) in [7, 11) is 0. The molecule has 2 atom stereocenters. The van der Waals surface area contributed by atoms with E-state index in [1.54, 1.807) is 0 Å². The first-order valence-electron chi connectivity index (χ1n) is 5.89. The number of hydrogen-bond donors (Lipinski definition) is 2. The minimum absolute atomic E-state index is 0.425. The second-order valence-electron chi connectivity index (χ2n) is 4.19. The van der Waals surface area contributed by atoms with Crippen LogP contribution in [0.4, 0.5) is 0 Å². The summed E-state index contributed by atoms with van der Waals surface area (Å²) in [6.07, 6.45) is 5.93. The lowest BCUT2D eigenvalue weighted by atomic mass is 10.2. The molecule has 1 aliphatic rings. The molecule has 0 spiro atoms. The summed E-state index contributed by atoms with van der Waals surface area (Å²) < 4.78 is 5.47. The van der Waals surface area contributed by atoms with Crippen LogP contribution in [0, 0.1) is 0 Å². The number of hydrogen-bond acceptors (Lipinski definition) is 3. The highest BCUT2D eigenvalue weighted by Crippen LogP contribution is 2.16. The molecule has 0 radical (unpaired) electrons. The van der Waals surface area contributed by atoms with E-state index in [-0.39, 0.29) is 0 Å². The number of rotatable bonds is 7. The van der Waals surface area contributed by atoms with Gasteiger partial charge < -0.3 is 15.8 Å². The van der Waals surface area contributed by atoms with E-state index in [0.29, 0.717) is 12.1 Å². The molecule has 0 saturated heterocycles. The molecule has 1 rings (SSSR count). The van der Waals surface area contributed by atoms with Crippen molar-refractivity contribution in [3.05, 3.63) is 0 Å². The molecule has 3 N–H and O–H groups in total. The maximum atomic E-state index is 5.82. The summed E-state index contributed by atoms with van der Waals surface area (Å²) in [6.45, 7) is 4.90. The average molecular weight is 200 g/mol. The Balaban J connectivity index is 1.84. The van der Waals surface area contributed by atoms with Crippen molar-refractivity contribution in [3.63, 3.8) is 0 Å². The second-order valence-corrected chi connectivity index (χ2v) is 4.19. The molecule has 0 aromatic rings. The zero-order valence-corrected chi connectivity index (χ0v) is 9.30. The van der Waals surface area contributed by atoms with E-state index < -0.39 is 0 Å². The maximum Gasteiger partial charge on any atom is 0.0591 e. The first kappa shape index (κ1) is 12.0. The molecule has 0 heterocycles. The van der Waals surface area contributed by atoms with Gasteiger partial charge in [-0.25, -0.2) is 0 Å². The molecule has 3 nitrogen and oxygen atoms in total. The number of nitrogens with two attached hydrogens (primary N) is 1. The lowest BCUT2D eigenvalue weighted by molar-refractivity contribution is 0.131. The Hall–Kier alpha value is -0.120. The zero-order valence-electron chi connectivity index (χ0n) is 9.30. The van der Waals surface area contributed by atoms with Gasteiger partial charge in [-0.2, -0.15) is 0 Å². The van der Waals surface area contributed by atoms with Crippen molar-refractivity contribution in [1.82, 2.24) is 5.32 Å². The van der Waals surface area contributed by atoms with Gasteiger partial charge in [0.2, 0.25) is 0 Å². The van der Waals surface area contributed by atoms with Crippen LogP contribution in [0.15, 0.2) is 0 Å². The quantitative estimate of drug-likeness (QED) is 0.608. The van der Waals surface area contributed by atoms with Crippen molar-refractivity contribution in [1.29, 1.82) is 0 Å². The third kappa shape index (κ3) is 4.94. The first-order valence-corrected chi connectivity index (χ1v) is 5.89. The van der Waals surface area contributed by atoms with Crippen molar-refractivity contribution in [3.8, 4) is 0 Å². The Morgan fingerprint density at radius 3 is 2.86 bits per heavy atom. The number of ether oxygens (including phenoxy) is 1. The summed E-state index contributed by atoms with van der Waals surface area (Å²) in [5.41, 5.74) is 5.82. The van der Waals surface area contributed by atoms with Crippen molar-refractivity contribution in [2.45, 2.75) is 51.1 Å². The van der Waals surface area contributed by atoms with Gasteiger partial charge in [0.15, 0.2) is 0 Å². The molecule has 0 aliphatic heterocycles. The monoisotopic (exact) mass is 200 g/mol. The van der Waals surface area contributed by atoms with E-state index in [9.17, 15) is 0 Å². The summed E-state index contributed by atoms with van der Waals surface area (Å²) in [6, 6.07) is 1.06. The molecule has 3 heteroatoms. The Morgan fingerprint density at radius 1 is 1.36 bits per heavy atom. The van der Waals surface area contributed by atoms with E-state index in [0.717, 1.165) is 26.2 Å². The Morgan fingerprint density at radius 2 is 2.21 bits per heavy atom. The largest absolute Gasteiger partial charge is 0.380 e. The third-order valence-corrected chi connectivity index (χ3v) is 2.79. The van der Waals surface area contributed by atoms with Crippen LogP contribution in [0.25, 0.3) is 0 Å². The highest BCUT2D eigenvalue weighted by atomic mass is 16.5. The van der Waals surface area contributed by atoms with E-state index in [1.165, 1.54) is 25.7 Å². The molecule has 1 saturated carbocycles. The molecule has 0 aromatic carbocycles. The van der Waals surface area contributed by atoms with Gasteiger partial charge in [0.05, 0.1) is 6.61 Å². The van der Waals surface area contributed by atoms with E-state index in [2.05, 4.69) is 12.2 Å². The fraction of sp³-hybridized carbons (Fsp3) is 1.00. The van der Waals surface area contributed by atoms with Gasteiger partial charge in [-0.3, -0.25) is 0 Å². The number of unbranched alkanes of at least 4 members (excludes halogenated alkanes) is 1. The predicted octanol–water partition coefficient (Wildman–Crippen LogP) is 1.27. The second kappa shape index (κ2) is 7.21. The minimum atomic E-state index is 0.425. The summed E-state index contributed by atoms with van der Waals surface area (Å²) in [4.78, 5) is 0. The summed E-state index contributed by atoms with van der Waals surface area (Å²) in [5, 5.41) is 3.48. The van der Waals surface area contributed by atoms with Crippen LogP contribution in [0.3, 0.4) is 0 Å². The van der Waals surface area contributed by atoms with Crippen LogP contribution in [0.5, 0.6) is 0 Å². The maximum absolute atomic E-state index is 5.82. The Kier molecular flexibility index (Phi) is 6.15. The van der Waals surface area contributed by atoms with Gasteiger partial charge in [0.25, 0.3) is 0 Å². The number of nitrogens with one attached hydrogen (secondary N) is 1. The van der Waals surface area contributed by atoms with Gasteiger partial charge in [-0.15, -0.1) is 0 Å². The Bertz CT molecular complexity index is 141. The Labute approximate surface area is 87.4 Å². The van der Waals surface area contributed by atoms with Gasteiger partial charge in [-0.05, 0) is 25.7 Å². The minimum Gasteiger partial charge on any atom is -0.380 e. The average Bonchev–Trinajstić information content (AvgIpc) is 2.58. The molecule has 84 valence electrons. The van der Waals surface area contributed by atoms with Gasteiger partial charge in [0, 0.05) is 25.2 Å². The van der Waals surface area contributed by atoms with E-state index in [1.807, 2.05) is 0 Å². The predicted molar refractivity (Wildman–Crippen MR) is 59.3 cm³/mol. The van der Waals surface area contributed by atoms with Crippen molar-refractivity contribution < 1.29 is 4.74 Å². The lowest BCUT2D eigenvalue weighted by Gasteiger charge is -2.12. The highest BCUT2D eigenvalue weighted by Gasteiger charge is 2.20. The first-order chi connectivity index (χ1) is 6.83. The van der Waals surface area contributed by atoms with Gasteiger partial charge in [0.1, 0.15) is 0 Å². The molecule has 1 aliphatic carbocycles. The van der Waals surface area contributed by atoms with Crippen molar-refractivity contribution in [2.24, 2.45) is 5.73 Å². The van der Waals surface area contributed by atoms with Crippen molar-refractivity contribution >= 4 is 0 Å². The van der Waals surface area contributed by atoms with Crippen LogP contribution in [0.1, 0.15) is 39.0 Å². The van der Waals surface area contributed by atoms with Gasteiger partial charge >= 0.3 is 0 Å². The zero-order chi connectivity index (χ0) is 10.2. The van der Waals surface area contributed by atoms with Crippen LogP contribution in [-0.2, 0) is 4.74 Å². The molecule has 14 heavy (non-hydrogen) atoms. The molecule has 1 fully saturated rings. The molecule has 0 bridgehead atoms. The van der Waals surface area contributed by atoms with Crippen LogP contribution < -0.4 is 11.1 Å². The molecular weight excluding hydrogens is 176 g/mol. The topological polar surface area (TPSA) is 47.3 Å². The SMILES string of the molecule is CCCCOCCNC1CCC(N)C1. The van der Waals surface area contributed by atoms with E-state index in [4.69, 9.17) is 10.5 Å². The summed E-state index contributed by atoms with van der Waals surface area (Å²) >= 11 is 0. The fourth-order valence-electron chi connectivity index (χ4n) is 1.89. The molecule has 0 amide bonds. The van der Waals surface area contributed by atoms with Crippen LogP contribution in [-0.4, -0.2) is 31.8 Å². The third-order valence-electron chi connectivity index (χ3n) is 2.79. The smallest absolute Gasteiger partial charge is 0.0591 e. The van der Waals surface area contributed by atoms with Gasteiger partial charge in [-0.1, -0.05) is 13.3 Å². The van der Waals surface area contributed by atoms with Crippen LogP contribution >= 0.6 is 0 Å². The molecule has 0 aromatic heterocycles. The standard InChI is InChI=1S/C11H24N2O/c1-2-3-7-14-8-6-13-11-5-4-10(12)9-11/h10-11,13H,2-9,12H2,1H3. The molecular formula is C11H24N2O.